The van der Waals surface area contributed by atoms with E-state index in [2.05, 4.69) is 15.3 Å². The van der Waals surface area contributed by atoms with Crippen molar-refractivity contribution in [1.29, 1.82) is 0 Å². The molecule has 6 nitrogen and oxygen atoms in total. The van der Waals surface area contributed by atoms with Crippen LogP contribution in [0.1, 0.15) is 27.4 Å². The Kier molecular flexibility index (Phi) is 4.99. The quantitative estimate of drug-likeness (QED) is 0.923. The van der Waals surface area contributed by atoms with E-state index in [-0.39, 0.29) is 5.91 Å². The van der Waals surface area contributed by atoms with E-state index in [1.807, 2.05) is 49.0 Å². The van der Waals surface area contributed by atoms with Crippen LogP contribution < -0.4 is 10.2 Å². The molecule has 3 heterocycles. The Labute approximate surface area is 146 Å². The Morgan fingerprint density at radius 3 is 2.67 bits per heavy atom. The molecule has 0 saturated carbocycles. The standard InChI is InChI=1S/C17H23N5OS/c1-12-4-5-14(24-12)17(23)22-8-6-13(7-9-22)20-15-10-16(21(2)3)19-11-18-15/h4-5,10-11,13H,6-9H2,1-3H3,(H,18,19,20). The van der Waals surface area contributed by atoms with Gasteiger partial charge in [0.05, 0.1) is 4.88 Å². The molecule has 0 bridgehead atoms. The first kappa shape index (κ1) is 16.7. The molecule has 1 N–H and O–H groups in total. The molecule has 128 valence electrons. The molecular weight excluding hydrogens is 322 g/mol. The van der Waals surface area contributed by atoms with Crippen LogP contribution in [0.4, 0.5) is 11.6 Å². The minimum Gasteiger partial charge on any atom is -0.367 e. The van der Waals surface area contributed by atoms with Gasteiger partial charge in [-0.3, -0.25) is 4.79 Å². The second kappa shape index (κ2) is 7.17. The highest BCUT2D eigenvalue weighted by atomic mass is 32.1. The number of nitrogens with zero attached hydrogens (tertiary/aromatic N) is 4. The third kappa shape index (κ3) is 3.84. The minimum atomic E-state index is 0.156. The average Bonchev–Trinajstić information content (AvgIpc) is 3.01. The second-order valence-electron chi connectivity index (χ2n) is 6.28. The Bertz CT molecular complexity index is 707. The zero-order chi connectivity index (χ0) is 17.1. The fourth-order valence-corrected chi connectivity index (χ4v) is 3.65. The smallest absolute Gasteiger partial charge is 0.263 e. The van der Waals surface area contributed by atoms with Gasteiger partial charge in [0.2, 0.25) is 0 Å². The second-order valence-corrected chi connectivity index (χ2v) is 7.56. The molecule has 1 aliphatic rings. The van der Waals surface area contributed by atoms with Crippen LogP contribution in [0.25, 0.3) is 0 Å². The highest BCUT2D eigenvalue weighted by Crippen LogP contribution is 2.21. The SMILES string of the molecule is Cc1ccc(C(=O)N2CCC(Nc3cc(N(C)C)ncn3)CC2)s1. The van der Waals surface area contributed by atoms with Gasteiger partial charge in [-0.2, -0.15) is 0 Å². The Morgan fingerprint density at radius 2 is 2.04 bits per heavy atom. The first-order valence-electron chi connectivity index (χ1n) is 8.14. The lowest BCUT2D eigenvalue weighted by Gasteiger charge is -2.32. The summed E-state index contributed by atoms with van der Waals surface area (Å²) in [5, 5.41) is 3.47. The summed E-state index contributed by atoms with van der Waals surface area (Å²) < 4.78 is 0. The number of carbonyl (C=O) groups excluding carboxylic acids is 1. The first-order valence-corrected chi connectivity index (χ1v) is 8.96. The van der Waals surface area contributed by atoms with Gasteiger partial charge < -0.3 is 15.1 Å². The number of thiophene rings is 1. The molecule has 24 heavy (non-hydrogen) atoms. The molecule has 0 atom stereocenters. The van der Waals surface area contributed by atoms with Gasteiger partial charge in [-0.25, -0.2) is 9.97 Å². The highest BCUT2D eigenvalue weighted by molar-refractivity contribution is 7.13. The predicted octanol–water partition coefficient (Wildman–Crippen LogP) is 2.63. The maximum absolute atomic E-state index is 12.5. The van der Waals surface area contributed by atoms with Crippen molar-refractivity contribution < 1.29 is 4.79 Å². The van der Waals surface area contributed by atoms with Gasteiger partial charge in [-0.05, 0) is 31.9 Å². The number of anilines is 2. The van der Waals surface area contributed by atoms with Crippen LogP contribution in [0.2, 0.25) is 0 Å². The summed E-state index contributed by atoms with van der Waals surface area (Å²) in [4.78, 5) is 26.9. The Balaban J connectivity index is 1.55. The van der Waals surface area contributed by atoms with E-state index in [0.717, 1.165) is 42.4 Å². The van der Waals surface area contributed by atoms with Crippen LogP contribution in [0.15, 0.2) is 24.5 Å². The van der Waals surface area contributed by atoms with Crippen LogP contribution >= 0.6 is 11.3 Å². The zero-order valence-corrected chi connectivity index (χ0v) is 15.1. The summed E-state index contributed by atoms with van der Waals surface area (Å²) in [6.07, 6.45) is 3.43. The number of carbonyl (C=O) groups is 1. The van der Waals surface area contributed by atoms with Crippen LogP contribution in [0.5, 0.6) is 0 Å². The van der Waals surface area contributed by atoms with Crippen molar-refractivity contribution in [3.8, 4) is 0 Å². The molecule has 7 heteroatoms. The third-order valence-corrected chi connectivity index (χ3v) is 5.18. The van der Waals surface area contributed by atoms with E-state index >= 15 is 0 Å². The van der Waals surface area contributed by atoms with Crippen LogP contribution in [-0.4, -0.2) is 54.0 Å². The molecule has 2 aromatic rings. The van der Waals surface area contributed by atoms with Crippen LogP contribution in [-0.2, 0) is 0 Å². The molecule has 2 aromatic heterocycles. The van der Waals surface area contributed by atoms with E-state index in [1.54, 1.807) is 17.7 Å². The number of likely N-dealkylation sites (tertiary alicyclic amines) is 1. The predicted molar refractivity (Wildman–Crippen MR) is 98.0 cm³/mol. The lowest BCUT2D eigenvalue weighted by Crippen LogP contribution is -2.42. The number of aryl methyl sites for hydroxylation is 1. The van der Waals surface area contributed by atoms with Crippen molar-refractivity contribution in [3.05, 3.63) is 34.3 Å². The summed E-state index contributed by atoms with van der Waals surface area (Å²) >= 11 is 1.57. The fourth-order valence-electron chi connectivity index (χ4n) is 2.81. The topological polar surface area (TPSA) is 61.4 Å². The molecule has 1 saturated heterocycles. The van der Waals surface area contributed by atoms with Crippen molar-refractivity contribution >= 4 is 28.9 Å². The van der Waals surface area contributed by atoms with E-state index in [1.165, 1.54) is 4.88 Å². The molecular formula is C17H23N5OS. The molecule has 1 aliphatic heterocycles. The Morgan fingerprint density at radius 1 is 1.29 bits per heavy atom. The van der Waals surface area contributed by atoms with Gasteiger partial charge in [0.25, 0.3) is 5.91 Å². The van der Waals surface area contributed by atoms with Crippen molar-refractivity contribution in [3.63, 3.8) is 0 Å². The summed E-state index contributed by atoms with van der Waals surface area (Å²) in [5.41, 5.74) is 0. The number of hydrogen-bond donors (Lipinski definition) is 1. The largest absolute Gasteiger partial charge is 0.367 e. The average molecular weight is 345 g/mol. The van der Waals surface area contributed by atoms with Gasteiger partial charge in [-0.15, -0.1) is 11.3 Å². The molecule has 0 spiro atoms. The van der Waals surface area contributed by atoms with Crippen LogP contribution in [0, 0.1) is 6.92 Å². The molecule has 0 aromatic carbocycles. The molecule has 3 rings (SSSR count). The van der Waals surface area contributed by atoms with E-state index in [4.69, 9.17) is 0 Å². The van der Waals surface area contributed by atoms with Gasteiger partial charge in [-0.1, -0.05) is 0 Å². The van der Waals surface area contributed by atoms with Gasteiger partial charge in [0.1, 0.15) is 18.0 Å². The van der Waals surface area contributed by atoms with Crippen molar-refractivity contribution in [2.45, 2.75) is 25.8 Å². The number of piperidine rings is 1. The number of amides is 1. The number of rotatable bonds is 4. The minimum absolute atomic E-state index is 0.156. The van der Waals surface area contributed by atoms with Crippen molar-refractivity contribution in [2.24, 2.45) is 0 Å². The zero-order valence-electron chi connectivity index (χ0n) is 14.3. The van der Waals surface area contributed by atoms with Gasteiger partial charge in [0, 0.05) is 44.2 Å². The lowest BCUT2D eigenvalue weighted by molar-refractivity contribution is 0.0723. The molecule has 1 fully saturated rings. The monoisotopic (exact) mass is 345 g/mol. The number of nitrogens with one attached hydrogen (secondary N) is 1. The maximum Gasteiger partial charge on any atom is 0.263 e. The summed E-state index contributed by atoms with van der Waals surface area (Å²) in [6, 6.07) is 6.22. The first-order chi connectivity index (χ1) is 11.5. The third-order valence-electron chi connectivity index (χ3n) is 4.20. The number of aromatic nitrogens is 2. The van der Waals surface area contributed by atoms with E-state index in [0.29, 0.717) is 6.04 Å². The van der Waals surface area contributed by atoms with Crippen molar-refractivity contribution in [2.75, 3.05) is 37.4 Å². The fraction of sp³-hybridized carbons (Fsp3) is 0.471. The molecule has 1 amide bonds. The number of hydrogen-bond acceptors (Lipinski definition) is 6. The van der Waals surface area contributed by atoms with E-state index in [9.17, 15) is 4.79 Å². The van der Waals surface area contributed by atoms with Crippen LogP contribution in [0.3, 0.4) is 0 Å². The summed E-state index contributed by atoms with van der Waals surface area (Å²) in [6.45, 7) is 3.58. The van der Waals surface area contributed by atoms with Gasteiger partial charge in [0.15, 0.2) is 0 Å². The molecule has 0 radical (unpaired) electrons. The van der Waals surface area contributed by atoms with E-state index < -0.39 is 0 Å². The molecule has 0 aliphatic carbocycles. The normalized spacial score (nSPS) is 15.4. The summed E-state index contributed by atoms with van der Waals surface area (Å²) in [7, 11) is 3.92. The molecule has 0 unspecified atom stereocenters. The van der Waals surface area contributed by atoms with Gasteiger partial charge >= 0.3 is 0 Å². The maximum atomic E-state index is 12.5. The lowest BCUT2D eigenvalue weighted by atomic mass is 10.0. The highest BCUT2D eigenvalue weighted by Gasteiger charge is 2.24. The summed E-state index contributed by atoms with van der Waals surface area (Å²) in [5.74, 6) is 1.88. The Hall–Kier alpha value is -2.15. The van der Waals surface area contributed by atoms with Crippen molar-refractivity contribution in [1.82, 2.24) is 14.9 Å².